The molecule has 0 rings (SSSR count). The highest BCUT2D eigenvalue weighted by atomic mass is 16.6. The van der Waals surface area contributed by atoms with Crippen LogP contribution in [0.3, 0.4) is 0 Å². The van der Waals surface area contributed by atoms with Crippen molar-refractivity contribution < 1.29 is 23.8 Å². The second-order valence-electron chi connectivity index (χ2n) is 10.1. The Kier molecular flexibility index (Phi) is 12.5. The molecular weight excluding hydrogens is 386 g/mol. The van der Waals surface area contributed by atoms with Gasteiger partial charge in [-0.2, -0.15) is 0 Å². The Balaban J connectivity index is 4.57. The number of hydrogen-bond donors (Lipinski definition) is 3. The summed E-state index contributed by atoms with van der Waals surface area (Å²) >= 11 is 0. The van der Waals surface area contributed by atoms with Crippen LogP contribution < -0.4 is 16.4 Å². The van der Waals surface area contributed by atoms with Gasteiger partial charge >= 0.3 is 6.09 Å². The van der Waals surface area contributed by atoms with Gasteiger partial charge in [0.1, 0.15) is 11.6 Å². The van der Waals surface area contributed by atoms with E-state index in [1.54, 1.807) is 27.9 Å². The van der Waals surface area contributed by atoms with Gasteiger partial charge in [-0.25, -0.2) is 4.79 Å². The number of amides is 2. The zero-order chi connectivity index (χ0) is 23.4. The maximum absolute atomic E-state index is 12.6. The molecule has 0 aromatic heterocycles. The molecule has 0 aliphatic rings. The number of nitrogens with one attached hydrogen (secondary N) is 2. The third-order valence-corrected chi connectivity index (χ3v) is 4.85. The monoisotopic (exact) mass is 431 g/mol. The lowest BCUT2D eigenvalue weighted by Crippen LogP contribution is -2.48. The maximum atomic E-state index is 12.6. The van der Waals surface area contributed by atoms with Crippen molar-refractivity contribution in [1.82, 2.24) is 10.6 Å². The SMILES string of the molecule is COC(C)(C)CCOCCNC(=O)[C@H](CCCC(C)(C)CN)NC(=O)OC(C)(C)C. The van der Waals surface area contributed by atoms with Gasteiger partial charge in [-0.05, 0) is 65.8 Å². The van der Waals surface area contributed by atoms with E-state index in [4.69, 9.17) is 19.9 Å². The summed E-state index contributed by atoms with van der Waals surface area (Å²) < 4.78 is 16.2. The van der Waals surface area contributed by atoms with E-state index in [-0.39, 0.29) is 16.9 Å². The van der Waals surface area contributed by atoms with E-state index in [2.05, 4.69) is 24.5 Å². The predicted molar refractivity (Wildman–Crippen MR) is 119 cm³/mol. The summed E-state index contributed by atoms with van der Waals surface area (Å²) in [6.07, 6.45) is 2.30. The van der Waals surface area contributed by atoms with E-state index < -0.39 is 17.7 Å². The van der Waals surface area contributed by atoms with Gasteiger partial charge in [0.15, 0.2) is 0 Å². The molecule has 2 amide bonds. The third-order valence-electron chi connectivity index (χ3n) is 4.85. The topological polar surface area (TPSA) is 112 Å². The van der Waals surface area contributed by atoms with Gasteiger partial charge in [-0.1, -0.05) is 20.3 Å². The van der Waals surface area contributed by atoms with Gasteiger partial charge in [0, 0.05) is 20.3 Å². The van der Waals surface area contributed by atoms with Crippen LogP contribution in [0.25, 0.3) is 0 Å². The molecular formula is C22H45N3O5. The quantitative estimate of drug-likeness (QED) is 0.365. The van der Waals surface area contributed by atoms with E-state index >= 15 is 0 Å². The smallest absolute Gasteiger partial charge is 0.408 e. The molecule has 0 aromatic carbocycles. The van der Waals surface area contributed by atoms with Gasteiger partial charge in [-0.15, -0.1) is 0 Å². The number of nitrogens with two attached hydrogens (primary N) is 1. The zero-order valence-electron chi connectivity index (χ0n) is 20.4. The summed E-state index contributed by atoms with van der Waals surface area (Å²) in [6.45, 7) is 15.4. The minimum Gasteiger partial charge on any atom is -0.444 e. The number of rotatable bonds is 14. The van der Waals surface area contributed by atoms with Crippen molar-refractivity contribution >= 4 is 12.0 Å². The van der Waals surface area contributed by atoms with Gasteiger partial charge in [-0.3, -0.25) is 4.79 Å². The number of methoxy groups -OCH3 is 1. The number of ether oxygens (including phenoxy) is 3. The van der Waals surface area contributed by atoms with E-state index in [1.165, 1.54) is 0 Å². The largest absolute Gasteiger partial charge is 0.444 e. The molecule has 1 atom stereocenters. The van der Waals surface area contributed by atoms with Crippen molar-refractivity contribution in [2.24, 2.45) is 11.1 Å². The van der Waals surface area contributed by atoms with Crippen LogP contribution in [0.1, 0.15) is 74.1 Å². The van der Waals surface area contributed by atoms with Crippen LogP contribution in [0.5, 0.6) is 0 Å². The molecule has 0 radical (unpaired) electrons. The maximum Gasteiger partial charge on any atom is 0.408 e. The van der Waals surface area contributed by atoms with Crippen LogP contribution in [-0.2, 0) is 19.0 Å². The first-order valence-electron chi connectivity index (χ1n) is 10.8. The van der Waals surface area contributed by atoms with Crippen LogP contribution >= 0.6 is 0 Å². The summed E-state index contributed by atoms with van der Waals surface area (Å²) in [5.41, 5.74) is 4.92. The molecule has 0 fully saturated rings. The van der Waals surface area contributed by atoms with Gasteiger partial charge < -0.3 is 30.6 Å². The predicted octanol–water partition coefficient (Wildman–Crippen LogP) is 2.98. The van der Waals surface area contributed by atoms with Crippen molar-refractivity contribution in [3.63, 3.8) is 0 Å². The lowest BCUT2D eigenvalue weighted by Gasteiger charge is -2.25. The fourth-order valence-electron chi connectivity index (χ4n) is 2.50. The van der Waals surface area contributed by atoms with Crippen molar-refractivity contribution in [1.29, 1.82) is 0 Å². The molecule has 178 valence electrons. The summed E-state index contributed by atoms with van der Waals surface area (Å²) in [4.78, 5) is 24.8. The second-order valence-corrected chi connectivity index (χ2v) is 10.1. The highest BCUT2D eigenvalue weighted by Crippen LogP contribution is 2.22. The van der Waals surface area contributed by atoms with Crippen LogP contribution in [0.4, 0.5) is 4.79 Å². The van der Waals surface area contributed by atoms with Crippen molar-refractivity contribution in [2.45, 2.75) is 91.4 Å². The number of carbonyl (C=O) groups excluding carboxylic acids is 2. The Bertz CT molecular complexity index is 515. The van der Waals surface area contributed by atoms with Crippen LogP contribution in [0.15, 0.2) is 0 Å². The van der Waals surface area contributed by atoms with E-state index in [9.17, 15) is 9.59 Å². The Hall–Kier alpha value is -1.38. The van der Waals surface area contributed by atoms with Crippen molar-refractivity contribution in [3.8, 4) is 0 Å². The summed E-state index contributed by atoms with van der Waals surface area (Å²) in [7, 11) is 1.67. The van der Waals surface area contributed by atoms with Crippen LogP contribution in [0.2, 0.25) is 0 Å². The minimum atomic E-state index is -0.666. The first-order chi connectivity index (χ1) is 13.7. The number of alkyl carbamates (subject to hydrolysis) is 1. The molecule has 0 aliphatic carbocycles. The molecule has 0 aromatic rings. The average Bonchev–Trinajstić information content (AvgIpc) is 2.61. The molecule has 0 saturated carbocycles. The highest BCUT2D eigenvalue weighted by Gasteiger charge is 2.25. The molecule has 0 spiro atoms. The fraction of sp³-hybridized carbons (Fsp3) is 0.909. The molecule has 0 bridgehead atoms. The van der Waals surface area contributed by atoms with E-state index in [0.717, 1.165) is 19.3 Å². The van der Waals surface area contributed by atoms with Gasteiger partial charge in [0.05, 0.1) is 12.2 Å². The van der Waals surface area contributed by atoms with E-state index in [0.29, 0.717) is 32.7 Å². The lowest BCUT2D eigenvalue weighted by atomic mass is 9.86. The standard InChI is InChI=1S/C22H45N3O5/c1-20(2,3)30-19(27)25-17(10-9-11-21(4,5)16-23)18(26)24-13-15-29-14-12-22(6,7)28-8/h17H,9-16,23H2,1-8H3,(H,24,26)(H,25,27)/t17-/m0/s1. The third kappa shape index (κ3) is 14.6. The molecule has 8 nitrogen and oxygen atoms in total. The van der Waals surface area contributed by atoms with E-state index in [1.807, 2.05) is 13.8 Å². The molecule has 0 heterocycles. The first kappa shape index (κ1) is 28.6. The number of hydrogen-bond acceptors (Lipinski definition) is 6. The molecule has 0 unspecified atom stereocenters. The number of carbonyl (C=O) groups is 2. The Morgan fingerprint density at radius 1 is 1.00 bits per heavy atom. The average molecular weight is 432 g/mol. The van der Waals surface area contributed by atoms with Crippen LogP contribution in [-0.4, -0.2) is 62.7 Å². The molecule has 8 heteroatoms. The lowest BCUT2D eigenvalue weighted by molar-refractivity contribution is -0.123. The zero-order valence-corrected chi connectivity index (χ0v) is 20.4. The fourth-order valence-corrected chi connectivity index (χ4v) is 2.50. The summed E-state index contributed by atoms with van der Waals surface area (Å²) in [5.74, 6) is -0.243. The Morgan fingerprint density at radius 2 is 1.63 bits per heavy atom. The molecule has 4 N–H and O–H groups in total. The highest BCUT2D eigenvalue weighted by molar-refractivity contribution is 5.85. The van der Waals surface area contributed by atoms with Crippen LogP contribution in [0, 0.1) is 5.41 Å². The molecule has 0 saturated heterocycles. The Labute approximate surface area is 183 Å². The Morgan fingerprint density at radius 3 is 2.17 bits per heavy atom. The van der Waals surface area contributed by atoms with Crippen molar-refractivity contribution in [3.05, 3.63) is 0 Å². The molecule has 30 heavy (non-hydrogen) atoms. The normalized spacial score (nSPS) is 13.6. The first-order valence-corrected chi connectivity index (χ1v) is 10.8. The van der Waals surface area contributed by atoms with Gasteiger partial charge in [0.2, 0.25) is 5.91 Å². The minimum absolute atomic E-state index is 0.00321. The summed E-state index contributed by atoms with van der Waals surface area (Å²) in [6, 6.07) is -0.666. The molecule has 0 aliphatic heterocycles. The second kappa shape index (κ2) is 13.1. The van der Waals surface area contributed by atoms with Gasteiger partial charge in [0.25, 0.3) is 0 Å². The van der Waals surface area contributed by atoms with Crippen molar-refractivity contribution in [2.75, 3.05) is 33.4 Å². The summed E-state index contributed by atoms with van der Waals surface area (Å²) in [5, 5.41) is 5.53.